The molecule has 0 heterocycles. The molecular weight excluding hydrogens is 300 g/mol. The molecule has 0 amide bonds. The Hall–Kier alpha value is 0.613. The van der Waals surface area contributed by atoms with Crippen molar-refractivity contribution in [2.75, 3.05) is 0 Å². The van der Waals surface area contributed by atoms with E-state index in [2.05, 4.69) is 32.1 Å². The zero-order chi connectivity index (χ0) is 6.69. The molecule has 0 aromatic carbocycles. The first-order valence-corrected chi connectivity index (χ1v) is 3.26. The molecule has 0 unspecified atom stereocenters. The van der Waals surface area contributed by atoms with Crippen LogP contribution in [0.15, 0.2) is 29.5 Å². The molecule has 0 fully saturated rings. The molecule has 0 aliphatic heterocycles. The van der Waals surface area contributed by atoms with Crippen molar-refractivity contribution >= 4 is 0 Å². The third-order valence-electron chi connectivity index (χ3n) is 1.41. The molecule has 0 atom stereocenters. The van der Waals surface area contributed by atoms with Crippen molar-refractivity contribution in [1.82, 2.24) is 0 Å². The SMILES string of the molecule is CC(C)C1=CC=C=C[CH]1.[I-].[Zn]. The van der Waals surface area contributed by atoms with Crippen LogP contribution in [-0.2, 0) is 19.5 Å². The zero-order valence-electron chi connectivity index (χ0n) is 6.97. The van der Waals surface area contributed by atoms with Crippen molar-refractivity contribution in [2.24, 2.45) is 5.92 Å². The smallest absolute Gasteiger partial charge is 0.0165 e. The van der Waals surface area contributed by atoms with Gasteiger partial charge in [0.1, 0.15) is 0 Å². The Morgan fingerprint density at radius 2 is 1.91 bits per heavy atom. The summed E-state index contributed by atoms with van der Waals surface area (Å²) in [6.07, 6.45) is 8.11. The van der Waals surface area contributed by atoms with E-state index in [4.69, 9.17) is 0 Å². The fourth-order valence-electron chi connectivity index (χ4n) is 0.785. The van der Waals surface area contributed by atoms with E-state index in [-0.39, 0.29) is 43.5 Å². The van der Waals surface area contributed by atoms with E-state index >= 15 is 0 Å². The number of halogens is 1. The van der Waals surface area contributed by atoms with Crippen molar-refractivity contribution in [2.45, 2.75) is 13.8 Å². The maximum atomic E-state index is 2.99. The Kier molecular flexibility index (Phi) is 9.36. The second-order valence-corrected chi connectivity index (χ2v) is 2.49. The predicted octanol–water partition coefficient (Wildman–Crippen LogP) is -0.501. The largest absolute Gasteiger partial charge is 1.00 e. The number of allylic oxidation sites excluding steroid dienone is 3. The molecule has 1 radical (unpaired) electrons. The Balaban J connectivity index is 0. The summed E-state index contributed by atoms with van der Waals surface area (Å²) < 4.78 is 0. The quantitative estimate of drug-likeness (QED) is 0.348. The van der Waals surface area contributed by atoms with Gasteiger partial charge in [0.15, 0.2) is 0 Å². The summed E-state index contributed by atoms with van der Waals surface area (Å²) in [5.74, 6) is 0.639. The number of hydrogen-bond donors (Lipinski definition) is 0. The summed E-state index contributed by atoms with van der Waals surface area (Å²) in [4.78, 5) is 0. The molecule has 1 aliphatic rings. The van der Waals surface area contributed by atoms with Gasteiger partial charge in [-0.1, -0.05) is 25.5 Å². The molecule has 0 aromatic heterocycles. The first-order chi connectivity index (χ1) is 4.30. The predicted molar refractivity (Wildman–Crippen MR) is 39.9 cm³/mol. The molecule has 0 saturated heterocycles. The van der Waals surface area contributed by atoms with E-state index in [1.165, 1.54) is 5.57 Å². The molecule has 0 N–H and O–H groups in total. The van der Waals surface area contributed by atoms with Crippen LogP contribution in [0.3, 0.4) is 0 Å². The van der Waals surface area contributed by atoms with Crippen LogP contribution >= 0.6 is 0 Å². The Morgan fingerprint density at radius 1 is 1.27 bits per heavy atom. The average molecular weight is 311 g/mol. The van der Waals surface area contributed by atoms with Crippen molar-refractivity contribution in [3.05, 3.63) is 36.0 Å². The van der Waals surface area contributed by atoms with Crippen molar-refractivity contribution in [3.63, 3.8) is 0 Å². The van der Waals surface area contributed by atoms with Crippen molar-refractivity contribution in [1.29, 1.82) is 0 Å². The van der Waals surface area contributed by atoms with E-state index in [9.17, 15) is 0 Å². The van der Waals surface area contributed by atoms with Crippen LogP contribution in [0, 0.1) is 12.3 Å². The molecule has 2 heteroatoms. The van der Waals surface area contributed by atoms with Gasteiger partial charge in [0.2, 0.25) is 0 Å². The fourth-order valence-corrected chi connectivity index (χ4v) is 0.785. The van der Waals surface area contributed by atoms with Crippen molar-refractivity contribution in [3.8, 4) is 0 Å². The molecule has 0 aromatic rings. The Morgan fingerprint density at radius 3 is 2.18 bits per heavy atom. The fraction of sp³-hybridized carbons (Fsp3) is 0.333. The van der Waals surface area contributed by atoms with Gasteiger partial charge in [-0.3, -0.25) is 0 Å². The van der Waals surface area contributed by atoms with Crippen LogP contribution in [0.1, 0.15) is 13.8 Å². The summed E-state index contributed by atoms with van der Waals surface area (Å²) in [6.45, 7) is 4.38. The topological polar surface area (TPSA) is 0 Å². The minimum Gasteiger partial charge on any atom is -1.00 e. The second-order valence-electron chi connectivity index (χ2n) is 2.49. The van der Waals surface area contributed by atoms with Crippen LogP contribution in [0.4, 0.5) is 0 Å². The molecule has 1 rings (SSSR count). The maximum Gasteiger partial charge on any atom is 0.0165 e. The molecule has 0 nitrogen and oxygen atoms in total. The molecule has 0 saturated carbocycles. The van der Waals surface area contributed by atoms with Gasteiger partial charge < -0.3 is 24.0 Å². The molecule has 57 valence electrons. The molecule has 1 aliphatic carbocycles. The third-order valence-corrected chi connectivity index (χ3v) is 1.41. The van der Waals surface area contributed by atoms with Crippen LogP contribution in [-0.4, -0.2) is 0 Å². The number of rotatable bonds is 1. The summed E-state index contributed by atoms with van der Waals surface area (Å²) in [5, 5.41) is 0. The minimum atomic E-state index is 0. The summed E-state index contributed by atoms with van der Waals surface area (Å²) in [7, 11) is 0. The molecular formula is C9H11IZn-. The van der Waals surface area contributed by atoms with Gasteiger partial charge in [-0.05, 0) is 18.1 Å². The molecule has 0 spiro atoms. The summed E-state index contributed by atoms with van der Waals surface area (Å²) in [5.41, 5.74) is 4.37. The maximum absolute atomic E-state index is 2.99. The second kappa shape index (κ2) is 7.27. The summed E-state index contributed by atoms with van der Waals surface area (Å²) in [6, 6.07) is 0. The van der Waals surface area contributed by atoms with Gasteiger partial charge >= 0.3 is 0 Å². The van der Waals surface area contributed by atoms with E-state index in [1.54, 1.807) is 0 Å². The van der Waals surface area contributed by atoms with Crippen LogP contribution in [0.2, 0.25) is 0 Å². The average Bonchev–Trinajstić information content (AvgIpc) is 1.90. The van der Waals surface area contributed by atoms with Crippen LogP contribution in [0.25, 0.3) is 0 Å². The van der Waals surface area contributed by atoms with Gasteiger partial charge in [0.25, 0.3) is 0 Å². The van der Waals surface area contributed by atoms with Gasteiger partial charge in [-0.15, -0.1) is 5.73 Å². The Labute approximate surface area is 98.6 Å². The summed E-state index contributed by atoms with van der Waals surface area (Å²) >= 11 is 0. The first kappa shape index (κ1) is 14.2. The Bertz CT molecular complexity index is 186. The van der Waals surface area contributed by atoms with E-state index < -0.39 is 0 Å². The van der Waals surface area contributed by atoms with Crippen molar-refractivity contribution < 1.29 is 43.5 Å². The standard InChI is InChI=1S/C9H11.HI.Zn/c1-8(2)9-6-4-3-5-7-9;;/h4-8H,1-2H3;1H;/p-1. The van der Waals surface area contributed by atoms with Gasteiger partial charge in [-0.25, -0.2) is 0 Å². The van der Waals surface area contributed by atoms with Crippen LogP contribution < -0.4 is 24.0 Å². The first-order valence-electron chi connectivity index (χ1n) is 3.26. The molecule has 0 bridgehead atoms. The third kappa shape index (κ3) is 4.95. The monoisotopic (exact) mass is 310 g/mol. The van der Waals surface area contributed by atoms with Crippen LogP contribution in [0.5, 0.6) is 0 Å². The normalized spacial score (nSPS) is 13.5. The van der Waals surface area contributed by atoms with Gasteiger partial charge in [0.05, 0.1) is 0 Å². The van der Waals surface area contributed by atoms with Gasteiger partial charge in [0, 0.05) is 25.9 Å². The van der Waals surface area contributed by atoms with E-state index in [0.29, 0.717) is 5.92 Å². The van der Waals surface area contributed by atoms with E-state index in [1.807, 2.05) is 12.2 Å². The van der Waals surface area contributed by atoms with E-state index in [0.717, 1.165) is 0 Å². The molecule has 11 heavy (non-hydrogen) atoms. The van der Waals surface area contributed by atoms with Gasteiger partial charge in [-0.2, -0.15) is 0 Å². The number of hydrogen-bond acceptors (Lipinski definition) is 0. The minimum absolute atomic E-state index is 0. The zero-order valence-corrected chi connectivity index (χ0v) is 12.1.